The molecular weight excluding hydrogens is 252 g/mol. The monoisotopic (exact) mass is 276 g/mol. The second kappa shape index (κ2) is 5.98. The molecule has 0 bridgehead atoms. The van der Waals surface area contributed by atoms with Gasteiger partial charge in [0.15, 0.2) is 0 Å². The van der Waals surface area contributed by atoms with Crippen LogP contribution in [0.25, 0.3) is 0 Å². The summed E-state index contributed by atoms with van der Waals surface area (Å²) >= 11 is 0. The summed E-state index contributed by atoms with van der Waals surface area (Å²) < 4.78 is 0. The summed E-state index contributed by atoms with van der Waals surface area (Å²) in [4.78, 5) is 26.8. The molecule has 1 N–H and O–H groups in total. The van der Waals surface area contributed by atoms with E-state index in [-0.39, 0.29) is 23.9 Å². The molecule has 1 heterocycles. The zero-order valence-electron chi connectivity index (χ0n) is 12.0. The third-order valence-electron chi connectivity index (χ3n) is 4.99. The molecule has 0 aromatic carbocycles. The Hall–Kier alpha value is -1.32. The van der Waals surface area contributed by atoms with E-state index < -0.39 is 0 Å². The van der Waals surface area contributed by atoms with Crippen LogP contribution in [0.5, 0.6) is 0 Å². The standard InChI is InChI=1S/C16H24N2O2/c19-14-10-11-18(13-8-4-5-9-13)16(20)15(17-14)12-6-2-1-3-7-12/h4-5,12-13,15H,1-3,6-11H2,(H,17,19). The van der Waals surface area contributed by atoms with Crippen molar-refractivity contribution in [3.05, 3.63) is 12.2 Å². The molecule has 1 saturated heterocycles. The van der Waals surface area contributed by atoms with E-state index in [1.807, 2.05) is 4.90 Å². The fraction of sp³-hybridized carbons (Fsp3) is 0.750. The lowest BCUT2D eigenvalue weighted by atomic mass is 9.83. The van der Waals surface area contributed by atoms with E-state index in [1.165, 1.54) is 19.3 Å². The first-order chi connectivity index (χ1) is 9.75. The predicted molar refractivity (Wildman–Crippen MR) is 77.0 cm³/mol. The van der Waals surface area contributed by atoms with Crippen LogP contribution in [0.15, 0.2) is 12.2 Å². The first kappa shape index (κ1) is 13.7. The Labute approximate surface area is 120 Å². The van der Waals surface area contributed by atoms with Gasteiger partial charge in [-0.15, -0.1) is 0 Å². The van der Waals surface area contributed by atoms with Crippen molar-refractivity contribution in [2.45, 2.75) is 63.5 Å². The van der Waals surface area contributed by atoms with E-state index in [0.29, 0.717) is 18.9 Å². The van der Waals surface area contributed by atoms with Gasteiger partial charge in [0.05, 0.1) is 0 Å². The molecule has 20 heavy (non-hydrogen) atoms. The van der Waals surface area contributed by atoms with Gasteiger partial charge in [-0.25, -0.2) is 0 Å². The van der Waals surface area contributed by atoms with E-state index in [9.17, 15) is 9.59 Å². The summed E-state index contributed by atoms with van der Waals surface area (Å²) in [5.74, 6) is 0.550. The van der Waals surface area contributed by atoms with Gasteiger partial charge in [-0.1, -0.05) is 31.4 Å². The Balaban J connectivity index is 1.75. The smallest absolute Gasteiger partial charge is 0.245 e. The number of carbonyl (C=O) groups is 2. The van der Waals surface area contributed by atoms with Crippen LogP contribution < -0.4 is 5.32 Å². The summed E-state index contributed by atoms with van der Waals surface area (Å²) in [6.07, 6.45) is 12.4. The van der Waals surface area contributed by atoms with Crippen molar-refractivity contribution < 1.29 is 9.59 Å². The SMILES string of the molecule is O=C1CCN(C2CC=CC2)C(=O)C(C2CCCCC2)N1. The molecule has 110 valence electrons. The van der Waals surface area contributed by atoms with E-state index in [2.05, 4.69) is 17.5 Å². The molecule has 1 saturated carbocycles. The molecule has 0 aromatic heterocycles. The Morgan fingerprint density at radius 3 is 2.45 bits per heavy atom. The molecule has 2 amide bonds. The molecule has 2 fully saturated rings. The summed E-state index contributed by atoms with van der Waals surface area (Å²) in [5.41, 5.74) is 0. The number of nitrogens with one attached hydrogen (secondary N) is 1. The van der Waals surface area contributed by atoms with Crippen molar-refractivity contribution in [3.8, 4) is 0 Å². The third kappa shape index (κ3) is 2.74. The molecular formula is C16H24N2O2. The van der Waals surface area contributed by atoms with Gasteiger partial charge >= 0.3 is 0 Å². The quantitative estimate of drug-likeness (QED) is 0.784. The molecule has 1 aliphatic heterocycles. The Morgan fingerprint density at radius 1 is 1.05 bits per heavy atom. The maximum Gasteiger partial charge on any atom is 0.245 e. The maximum atomic E-state index is 12.9. The van der Waals surface area contributed by atoms with Gasteiger partial charge in [0, 0.05) is 19.0 Å². The highest BCUT2D eigenvalue weighted by Crippen LogP contribution is 2.29. The van der Waals surface area contributed by atoms with Crippen molar-refractivity contribution in [1.29, 1.82) is 0 Å². The molecule has 4 heteroatoms. The Morgan fingerprint density at radius 2 is 1.75 bits per heavy atom. The summed E-state index contributed by atoms with van der Waals surface area (Å²) in [5, 5.41) is 3.00. The lowest BCUT2D eigenvalue weighted by Gasteiger charge is -2.34. The molecule has 0 spiro atoms. The van der Waals surface area contributed by atoms with E-state index in [4.69, 9.17) is 0 Å². The van der Waals surface area contributed by atoms with Gasteiger partial charge < -0.3 is 10.2 Å². The third-order valence-corrected chi connectivity index (χ3v) is 4.99. The van der Waals surface area contributed by atoms with E-state index in [1.54, 1.807) is 0 Å². The van der Waals surface area contributed by atoms with Gasteiger partial charge in [-0.3, -0.25) is 9.59 Å². The molecule has 4 nitrogen and oxygen atoms in total. The number of hydrogen-bond donors (Lipinski definition) is 1. The second-order valence-corrected chi connectivity index (χ2v) is 6.32. The highest BCUT2D eigenvalue weighted by Gasteiger charge is 2.38. The van der Waals surface area contributed by atoms with E-state index >= 15 is 0 Å². The maximum absolute atomic E-state index is 12.9. The summed E-state index contributed by atoms with van der Waals surface area (Å²) in [6, 6.07) is 0.00666. The predicted octanol–water partition coefficient (Wildman–Crippen LogP) is 2.00. The summed E-state index contributed by atoms with van der Waals surface area (Å²) in [7, 11) is 0. The zero-order chi connectivity index (χ0) is 13.9. The van der Waals surface area contributed by atoms with Crippen LogP contribution in [-0.2, 0) is 9.59 Å². The number of rotatable bonds is 2. The summed E-state index contributed by atoms with van der Waals surface area (Å²) in [6.45, 7) is 0.584. The van der Waals surface area contributed by atoms with Crippen LogP contribution >= 0.6 is 0 Å². The fourth-order valence-electron chi connectivity index (χ4n) is 3.83. The van der Waals surface area contributed by atoms with Crippen LogP contribution in [0.1, 0.15) is 51.4 Å². The molecule has 1 atom stereocenters. The lowest BCUT2D eigenvalue weighted by Crippen LogP contribution is -2.51. The molecule has 3 rings (SSSR count). The first-order valence-corrected chi connectivity index (χ1v) is 8.00. The highest BCUT2D eigenvalue weighted by atomic mass is 16.2. The number of hydrogen-bond acceptors (Lipinski definition) is 2. The van der Waals surface area contributed by atoms with Crippen LogP contribution in [0.4, 0.5) is 0 Å². The number of nitrogens with zero attached hydrogens (tertiary/aromatic N) is 1. The van der Waals surface area contributed by atoms with Crippen molar-refractivity contribution in [2.75, 3.05) is 6.54 Å². The minimum Gasteiger partial charge on any atom is -0.344 e. The largest absolute Gasteiger partial charge is 0.344 e. The lowest BCUT2D eigenvalue weighted by molar-refractivity contribution is -0.137. The minimum absolute atomic E-state index is 0.0439. The molecule has 1 unspecified atom stereocenters. The minimum atomic E-state index is -0.272. The van der Waals surface area contributed by atoms with Gasteiger partial charge in [0.2, 0.25) is 11.8 Å². The van der Waals surface area contributed by atoms with Crippen molar-refractivity contribution in [1.82, 2.24) is 10.2 Å². The highest BCUT2D eigenvalue weighted by molar-refractivity contribution is 5.90. The number of amides is 2. The Bertz CT molecular complexity index is 405. The van der Waals surface area contributed by atoms with Crippen LogP contribution in [-0.4, -0.2) is 35.3 Å². The number of carbonyl (C=O) groups excluding carboxylic acids is 2. The molecule has 3 aliphatic rings. The van der Waals surface area contributed by atoms with Crippen LogP contribution in [0, 0.1) is 5.92 Å². The molecule has 0 aromatic rings. The van der Waals surface area contributed by atoms with Crippen molar-refractivity contribution in [3.63, 3.8) is 0 Å². The van der Waals surface area contributed by atoms with Gasteiger partial charge in [0.1, 0.15) is 6.04 Å². The average molecular weight is 276 g/mol. The van der Waals surface area contributed by atoms with Crippen molar-refractivity contribution in [2.24, 2.45) is 5.92 Å². The van der Waals surface area contributed by atoms with Gasteiger partial charge in [0.25, 0.3) is 0 Å². The average Bonchev–Trinajstić information content (AvgIpc) is 2.95. The molecule has 0 radical (unpaired) electrons. The van der Waals surface area contributed by atoms with Gasteiger partial charge in [-0.05, 0) is 31.6 Å². The topological polar surface area (TPSA) is 49.4 Å². The van der Waals surface area contributed by atoms with Gasteiger partial charge in [-0.2, -0.15) is 0 Å². The second-order valence-electron chi connectivity index (χ2n) is 6.32. The van der Waals surface area contributed by atoms with Crippen molar-refractivity contribution >= 4 is 11.8 Å². The van der Waals surface area contributed by atoms with Crippen LogP contribution in [0.2, 0.25) is 0 Å². The first-order valence-electron chi connectivity index (χ1n) is 8.00. The normalized spacial score (nSPS) is 29.6. The Kier molecular flexibility index (Phi) is 4.08. The fourth-order valence-corrected chi connectivity index (χ4v) is 3.83. The molecule has 2 aliphatic carbocycles. The van der Waals surface area contributed by atoms with Crippen LogP contribution in [0.3, 0.4) is 0 Å². The van der Waals surface area contributed by atoms with E-state index in [0.717, 1.165) is 25.7 Å². The zero-order valence-corrected chi connectivity index (χ0v) is 12.0.